The van der Waals surface area contributed by atoms with Gasteiger partial charge in [0.15, 0.2) is 0 Å². The summed E-state index contributed by atoms with van der Waals surface area (Å²) in [6.07, 6.45) is 1.58. The Kier molecular flexibility index (Phi) is 11.8. The van der Waals surface area contributed by atoms with Crippen molar-refractivity contribution in [2.24, 2.45) is 5.92 Å². The molecule has 0 saturated carbocycles. The van der Waals surface area contributed by atoms with Crippen molar-refractivity contribution in [2.75, 3.05) is 20.3 Å². The Morgan fingerprint density at radius 3 is 1.97 bits per heavy atom. The first kappa shape index (κ1) is 30.7. The molecule has 0 saturated heterocycles. The normalized spacial score (nSPS) is 13.3. The van der Waals surface area contributed by atoms with Gasteiger partial charge in [-0.2, -0.15) is 0 Å². The van der Waals surface area contributed by atoms with E-state index >= 15 is 0 Å². The molecule has 0 aromatic heterocycles. The number of hydrogen-bond acceptors (Lipinski definition) is 4. The van der Waals surface area contributed by atoms with Crippen molar-refractivity contribution in [1.82, 2.24) is 0 Å². The molecular formula is C34H44O4Si. The number of hydrogen-bond donors (Lipinski definition) is 1. The lowest BCUT2D eigenvalue weighted by atomic mass is 9.99. The molecule has 3 aromatic carbocycles. The number of aliphatic hydroxyl groups excluding tert-OH is 1. The minimum Gasteiger partial charge on any atom is -0.497 e. The van der Waals surface area contributed by atoms with Crippen LogP contribution >= 0.6 is 0 Å². The average Bonchev–Trinajstić information content (AvgIpc) is 2.93. The summed E-state index contributed by atoms with van der Waals surface area (Å²) in [5.74, 6) is 7.25. The molecule has 0 spiro atoms. The van der Waals surface area contributed by atoms with Crippen molar-refractivity contribution < 1.29 is 19.0 Å². The van der Waals surface area contributed by atoms with E-state index in [4.69, 9.17) is 13.9 Å². The molecular weight excluding hydrogens is 500 g/mol. The summed E-state index contributed by atoms with van der Waals surface area (Å²) < 4.78 is 17.8. The highest BCUT2D eigenvalue weighted by Gasteiger charge is 2.50. The molecule has 0 radical (unpaired) electrons. The van der Waals surface area contributed by atoms with Crippen LogP contribution in [0.3, 0.4) is 0 Å². The van der Waals surface area contributed by atoms with Crippen molar-refractivity contribution in [3.05, 3.63) is 90.5 Å². The van der Waals surface area contributed by atoms with Crippen LogP contribution in [0.2, 0.25) is 5.04 Å². The molecule has 208 valence electrons. The monoisotopic (exact) mass is 544 g/mol. The van der Waals surface area contributed by atoms with Crippen LogP contribution in [0.1, 0.15) is 52.5 Å². The summed E-state index contributed by atoms with van der Waals surface area (Å²) in [5.41, 5.74) is 1.08. The maximum Gasteiger partial charge on any atom is 0.261 e. The molecule has 3 aromatic rings. The Morgan fingerprint density at radius 1 is 0.846 bits per heavy atom. The van der Waals surface area contributed by atoms with Gasteiger partial charge in [-0.3, -0.25) is 0 Å². The first-order chi connectivity index (χ1) is 18.8. The second kappa shape index (κ2) is 15.0. The number of methoxy groups -OCH3 is 1. The third-order valence-corrected chi connectivity index (χ3v) is 12.1. The molecule has 0 aliphatic carbocycles. The van der Waals surface area contributed by atoms with E-state index in [9.17, 15) is 5.11 Å². The highest BCUT2D eigenvalue weighted by Crippen LogP contribution is 2.37. The van der Waals surface area contributed by atoms with Gasteiger partial charge in [-0.25, -0.2) is 0 Å². The van der Waals surface area contributed by atoms with Gasteiger partial charge in [0.1, 0.15) is 12.4 Å². The van der Waals surface area contributed by atoms with Gasteiger partial charge in [0.2, 0.25) is 0 Å². The fraction of sp³-hybridized carbons (Fsp3) is 0.412. The summed E-state index contributed by atoms with van der Waals surface area (Å²) in [5, 5.41) is 13.1. The molecule has 0 aliphatic heterocycles. The lowest BCUT2D eigenvalue weighted by Crippen LogP contribution is -2.66. The predicted octanol–water partition coefficient (Wildman–Crippen LogP) is 5.96. The van der Waals surface area contributed by atoms with E-state index in [1.807, 2.05) is 24.3 Å². The average molecular weight is 545 g/mol. The zero-order chi connectivity index (χ0) is 28.1. The van der Waals surface area contributed by atoms with Gasteiger partial charge in [-0.05, 0) is 51.9 Å². The Hall–Kier alpha value is -2.88. The minimum atomic E-state index is -2.52. The molecule has 0 amide bonds. The zero-order valence-corrected chi connectivity index (χ0v) is 25.2. The van der Waals surface area contributed by atoms with E-state index in [0.717, 1.165) is 17.7 Å². The topological polar surface area (TPSA) is 47.9 Å². The van der Waals surface area contributed by atoms with Gasteiger partial charge >= 0.3 is 0 Å². The van der Waals surface area contributed by atoms with Crippen LogP contribution in [0.25, 0.3) is 0 Å². The first-order valence-corrected chi connectivity index (χ1v) is 15.8. The van der Waals surface area contributed by atoms with Gasteiger partial charge < -0.3 is 19.0 Å². The van der Waals surface area contributed by atoms with Crippen LogP contribution in [-0.2, 0) is 15.8 Å². The van der Waals surface area contributed by atoms with Gasteiger partial charge in [0.25, 0.3) is 8.32 Å². The largest absolute Gasteiger partial charge is 0.497 e. The van der Waals surface area contributed by atoms with Crippen molar-refractivity contribution in [3.8, 4) is 17.6 Å². The quantitative estimate of drug-likeness (QED) is 0.164. The maximum absolute atomic E-state index is 10.6. The summed E-state index contributed by atoms with van der Waals surface area (Å²) in [4.78, 5) is 0. The van der Waals surface area contributed by atoms with Crippen molar-refractivity contribution in [3.63, 3.8) is 0 Å². The summed E-state index contributed by atoms with van der Waals surface area (Å²) >= 11 is 0. The van der Waals surface area contributed by atoms with Crippen molar-refractivity contribution >= 4 is 18.7 Å². The molecule has 0 heterocycles. The third-order valence-electron chi connectivity index (χ3n) is 7.09. The zero-order valence-electron chi connectivity index (χ0n) is 24.2. The molecule has 0 aliphatic rings. The third kappa shape index (κ3) is 8.81. The summed E-state index contributed by atoms with van der Waals surface area (Å²) in [7, 11) is -0.871. The number of rotatable bonds is 13. The molecule has 39 heavy (non-hydrogen) atoms. The fourth-order valence-electron chi connectivity index (χ4n) is 5.02. The van der Waals surface area contributed by atoms with E-state index in [1.54, 1.807) is 7.11 Å². The van der Waals surface area contributed by atoms with E-state index in [-0.39, 0.29) is 5.04 Å². The van der Waals surface area contributed by atoms with Gasteiger partial charge in [0, 0.05) is 13.0 Å². The van der Waals surface area contributed by atoms with Gasteiger partial charge in [0.05, 0.1) is 19.8 Å². The maximum atomic E-state index is 10.6. The Balaban J connectivity index is 1.49. The smallest absolute Gasteiger partial charge is 0.261 e. The highest BCUT2D eigenvalue weighted by molar-refractivity contribution is 6.99. The second-order valence-corrected chi connectivity index (χ2v) is 15.5. The Bertz CT molecular complexity index is 1120. The van der Waals surface area contributed by atoms with E-state index < -0.39 is 14.4 Å². The van der Waals surface area contributed by atoms with Crippen LogP contribution in [0.4, 0.5) is 0 Å². The standard InChI is InChI=1S/C34H44O4Si/c1-28(26-30(35)14-12-13-24-37-27-29-19-21-31(36-5)22-20-29)23-25-38-39(34(2,3)4,32-15-8-6-9-16-32)33-17-10-7-11-18-33/h6-11,15-22,28,30,35H,14,23-27H2,1-5H3/t28-,30-/m1/s1. The van der Waals surface area contributed by atoms with Crippen LogP contribution in [0.15, 0.2) is 84.9 Å². The molecule has 2 atom stereocenters. The van der Waals surface area contributed by atoms with Gasteiger partial charge in [-0.1, -0.05) is 112 Å². The molecule has 0 unspecified atom stereocenters. The van der Waals surface area contributed by atoms with Crippen LogP contribution < -0.4 is 15.1 Å². The number of benzene rings is 3. The summed E-state index contributed by atoms with van der Waals surface area (Å²) in [6.45, 7) is 10.6. The Labute approximate surface area is 236 Å². The van der Waals surface area contributed by atoms with E-state index in [2.05, 4.69) is 100 Å². The van der Waals surface area contributed by atoms with Crippen molar-refractivity contribution in [1.29, 1.82) is 0 Å². The molecule has 3 rings (SSSR count). The van der Waals surface area contributed by atoms with Crippen LogP contribution in [0.5, 0.6) is 5.75 Å². The second-order valence-electron chi connectivity index (χ2n) is 11.2. The molecule has 0 bridgehead atoms. The fourth-order valence-corrected chi connectivity index (χ4v) is 9.60. The summed E-state index contributed by atoms with van der Waals surface area (Å²) in [6, 6.07) is 29.2. The Morgan fingerprint density at radius 2 is 1.44 bits per heavy atom. The number of ether oxygens (including phenoxy) is 2. The van der Waals surface area contributed by atoms with Crippen molar-refractivity contribution in [2.45, 2.75) is 64.7 Å². The lowest BCUT2D eigenvalue weighted by molar-refractivity contribution is 0.141. The SMILES string of the molecule is COc1ccc(COCC#CC[C@@H](O)C[C@H](C)CCO[Si](c2ccccc2)(c2ccccc2)C(C)(C)C)cc1. The van der Waals surface area contributed by atoms with Crippen LogP contribution in [-0.4, -0.2) is 39.9 Å². The molecule has 4 nitrogen and oxygen atoms in total. The van der Waals surface area contributed by atoms with E-state index in [1.165, 1.54) is 10.4 Å². The predicted molar refractivity (Wildman–Crippen MR) is 163 cm³/mol. The number of aliphatic hydroxyl groups is 1. The minimum absolute atomic E-state index is 0.0382. The molecule has 5 heteroatoms. The van der Waals surface area contributed by atoms with E-state index in [0.29, 0.717) is 38.6 Å². The highest BCUT2D eigenvalue weighted by atomic mass is 28.4. The first-order valence-electron chi connectivity index (χ1n) is 13.9. The lowest BCUT2D eigenvalue weighted by Gasteiger charge is -2.43. The van der Waals surface area contributed by atoms with Gasteiger partial charge in [-0.15, -0.1) is 0 Å². The molecule has 0 fully saturated rings. The van der Waals surface area contributed by atoms with Crippen LogP contribution in [0, 0.1) is 17.8 Å². The molecule has 1 N–H and O–H groups in total.